The molecule has 0 spiro atoms. The average Bonchev–Trinajstić information content (AvgIpc) is 2.44. The predicted octanol–water partition coefficient (Wildman–Crippen LogP) is 3.69. The number of likely N-dealkylation sites (tertiary alicyclic amines) is 1. The molecule has 2 nitrogen and oxygen atoms in total. The summed E-state index contributed by atoms with van der Waals surface area (Å²) in [4.78, 5) is 2.63. The van der Waals surface area contributed by atoms with Crippen molar-refractivity contribution in [2.24, 2.45) is 5.92 Å². The molecule has 2 rings (SSSR count). The number of aryl methyl sites for hydroxylation is 2. The Kier molecular flexibility index (Phi) is 5.62. The molecular formula is C18H30N2. The van der Waals surface area contributed by atoms with Crippen LogP contribution in [0.15, 0.2) is 18.2 Å². The van der Waals surface area contributed by atoms with Crippen molar-refractivity contribution in [3.63, 3.8) is 0 Å². The molecule has 1 atom stereocenters. The number of nitrogens with one attached hydrogen (secondary N) is 1. The second kappa shape index (κ2) is 7.24. The first-order chi connectivity index (χ1) is 9.62. The molecule has 1 aromatic rings. The third kappa shape index (κ3) is 4.07. The summed E-state index contributed by atoms with van der Waals surface area (Å²) in [7, 11) is 2.08. The summed E-state index contributed by atoms with van der Waals surface area (Å²) >= 11 is 0. The number of rotatable bonds is 5. The summed E-state index contributed by atoms with van der Waals surface area (Å²) in [5, 5.41) is 3.50. The lowest BCUT2D eigenvalue weighted by Crippen LogP contribution is -2.39. The normalized spacial score (nSPS) is 19.2. The highest BCUT2D eigenvalue weighted by atomic mass is 15.1. The molecule has 1 aliphatic heterocycles. The fourth-order valence-electron chi connectivity index (χ4n) is 3.41. The van der Waals surface area contributed by atoms with Crippen molar-refractivity contribution in [1.82, 2.24) is 10.2 Å². The summed E-state index contributed by atoms with van der Waals surface area (Å²) in [5.74, 6) is 0.959. The van der Waals surface area contributed by atoms with E-state index in [4.69, 9.17) is 0 Å². The molecule has 1 heterocycles. The zero-order chi connectivity index (χ0) is 14.5. The second-order valence-electron chi connectivity index (χ2n) is 6.41. The molecule has 0 saturated carbocycles. The van der Waals surface area contributed by atoms with E-state index >= 15 is 0 Å². The van der Waals surface area contributed by atoms with Gasteiger partial charge in [-0.1, -0.05) is 42.7 Å². The lowest BCUT2D eigenvalue weighted by Gasteiger charge is -2.34. The van der Waals surface area contributed by atoms with E-state index in [1.165, 1.54) is 49.0 Å². The lowest BCUT2D eigenvalue weighted by molar-refractivity contribution is 0.168. The zero-order valence-electron chi connectivity index (χ0n) is 13.6. The Bertz CT molecular complexity index is 399. The number of nitrogens with zero attached hydrogens (tertiary/aromatic N) is 1. The summed E-state index contributed by atoms with van der Waals surface area (Å²) in [6.45, 7) is 10.4. The third-order valence-corrected chi connectivity index (χ3v) is 4.72. The van der Waals surface area contributed by atoms with Crippen molar-refractivity contribution in [2.45, 2.75) is 46.1 Å². The third-order valence-electron chi connectivity index (χ3n) is 4.72. The first-order valence-corrected chi connectivity index (χ1v) is 8.10. The first-order valence-electron chi connectivity index (χ1n) is 8.10. The van der Waals surface area contributed by atoms with Crippen molar-refractivity contribution in [2.75, 3.05) is 26.7 Å². The first kappa shape index (κ1) is 15.5. The fourth-order valence-corrected chi connectivity index (χ4v) is 3.41. The highest BCUT2D eigenvalue weighted by Crippen LogP contribution is 2.23. The van der Waals surface area contributed by atoms with Gasteiger partial charge in [0, 0.05) is 12.6 Å². The minimum atomic E-state index is 0.451. The average molecular weight is 274 g/mol. The molecule has 0 bridgehead atoms. The Balaban J connectivity index is 1.98. The van der Waals surface area contributed by atoms with Crippen molar-refractivity contribution in [3.05, 3.63) is 34.9 Å². The minimum Gasteiger partial charge on any atom is -0.312 e. The van der Waals surface area contributed by atoms with Crippen LogP contribution in [0, 0.1) is 19.8 Å². The maximum absolute atomic E-state index is 3.50. The van der Waals surface area contributed by atoms with Gasteiger partial charge >= 0.3 is 0 Å². The van der Waals surface area contributed by atoms with Gasteiger partial charge in [0.1, 0.15) is 0 Å². The van der Waals surface area contributed by atoms with Crippen LogP contribution in [-0.2, 0) is 0 Å². The second-order valence-corrected chi connectivity index (χ2v) is 6.41. The topological polar surface area (TPSA) is 15.3 Å². The van der Waals surface area contributed by atoms with Crippen LogP contribution in [0.1, 0.15) is 48.9 Å². The van der Waals surface area contributed by atoms with Crippen LogP contribution in [0.5, 0.6) is 0 Å². The van der Waals surface area contributed by atoms with Crippen molar-refractivity contribution >= 4 is 0 Å². The van der Waals surface area contributed by atoms with Gasteiger partial charge in [-0.15, -0.1) is 0 Å². The van der Waals surface area contributed by atoms with E-state index < -0.39 is 0 Å². The van der Waals surface area contributed by atoms with E-state index in [-0.39, 0.29) is 0 Å². The Labute approximate surface area is 124 Å². The van der Waals surface area contributed by atoms with Crippen LogP contribution in [0.4, 0.5) is 0 Å². The van der Waals surface area contributed by atoms with Crippen molar-refractivity contribution < 1.29 is 0 Å². The smallest absolute Gasteiger partial charge is 0.0447 e. The van der Waals surface area contributed by atoms with Crippen molar-refractivity contribution in [3.8, 4) is 0 Å². The maximum Gasteiger partial charge on any atom is 0.0447 e. The highest BCUT2D eigenvalue weighted by molar-refractivity contribution is 5.30. The number of benzene rings is 1. The summed E-state index contributed by atoms with van der Waals surface area (Å²) in [5.41, 5.74) is 4.16. The molecule has 112 valence electrons. The Hall–Kier alpha value is -0.860. The molecule has 2 heteroatoms. The van der Waals surface area contributed by atoms with E-state index in [2.05, 4.69) is 56.2 Å². The van der Waals surface area contributed by atoms with Gasteiger partial charge in [0.2, 0.25) is 0 Å². The quantitative estimate of drug-likeness (QED) is 0.881. The van der Waals surface area contributed by atoms with E-state index in [1.54, 1.807) is 0 Å². The summed E-state index contributed by atoms with van der Waals surface area (Å²) in [6.07, 6.45) is 4.10. The van der Waals surface area contributed by atoms with Gasteiger partial charge in [-0.2, -0.15) is 0 Å². The molecular weight excluding hydrogens is 244 g/mol. The minimum absolute atomic E-state index is 0.451. The number of likely N-dealkylation sites (N-methyl/N-ethyl adjacent to an activating group) is 1. The molecule has 1 fully saturated rings. The molecule has 20 heavy (non-hydrogen) atoms. The van der Waals surface area contributed by atoms with Gasteiger partial charge in [-0.3, -0.25) is 0 Å². The van der Waals surface area contributed by atoms with E-state index in [1.807, 2.05) is 0 Å². The van der Waals surface area contributed by atoms with Gasteiger partial charge in [0.05, 0.1) is 0 Å². The van der Waals surface area contributed by atoms with Gasteiger partial charge in [0.15, 0.2) is 0 Å². The monoisotopic (exact) mass is 274 g/mol. The van der Waals surface area contributed by atoms with Gasteiger partial charge in [0.25, 0.3) is 0 Å². The Morgan fingerprint density at radius 2 is 1.75 bits per heavy atom. The van der Waals surface area contributed by atoms with Gasteiger partial charge < -0.3 is 10.2 Å². The molecule has 0 aliphatic carbocycles. The van der Waals surface area contributed by atoms with Gasteiger partial charge in [-0.05, 0) is 58.3 Å². The fraction of sp³-hybridized carbons (Fsp3) is 0.667. The largest absolute Gasteiger partial charge is 0.312 e. The van der Waals surface area contributed by atoms with E-state index in [0.29, 0.717) is 6.04 Å². The maximum atomic E-state index is 3.50. The molecule has 1 aliphatic rings. The number of hydrogen-bond donors (Lipinski definition) is 1. The van der Waals surface area contributed by atoms with E-state index in [9.17, 15) is 0 Å². The van der Waals surface area contributed by atoms with Gasteiger partial charge in [-0.25, -0.2) is 0 Å². The van der Waals surface area contributed by atoms with Crippen LogP contribution in [0.2, 0.25) is 0 Å². The van der Waals surface area contributed by atoms with Crippen molar-refractivity contribution in [1.29, 1.82) is 0 Å². The molecule has 0 radical (unpaired) electrons. The summed E-state index contributed by atoms with van der Waals surface area (Å²) < 4.78 is 0. The zero-order valence-corrected chi connectivity index (χ0v) is 13.6. The van der Waals surface area contributed by atoms with E-state index in [0.717, 1.165) is 12.5 Å². The van der Waals surface area contributed by atoms with Crippen LogP contribution >= 0.6 is 0 Å². The molecule has 1 saturated heterocycles. The SMILES string of the molecule is CCC1CCN(CC(NC)c2cc(C)cc(C)c2)CC1. The van der Waals surface area contributed by atoms with Crippen LogP contribution in [0.3, 0.4) is 0 Å². The molecule has 0 aromatic heterocycles. The molecule has 1 unspecified atom stereocenters. The summed E-state index contributed by atoms with van der Waals surface area (Å²) in [6, 6.07) is 7.36. The van der Waals surface area contributed by atoms with Crippen LogP contribution < -0.4 is 5.32 Å². The molecule has 0 amide bonds. The Morgan fingerprint density at radius 1 is 1.15 bits per heavy atom. The molecule has 1 N–H and O–H groups in total. The van der Waals surface area contributed by atoms with Crippen LogP contribution in [0.25, 0.3) is 0 Å². The lowest BCUT2D eigenvalue weighted by atomic mass is 9.93. The standard InChI is InChI=1S/C18H30N2/c1-5-16-6-8-20(9-7-16)13-18(19-4)17-11-14(2)10-15(3)12-17/h10-12,16,18-19H,5-9,13H2,1-4H3. The predicted molar refractivity (Wildman–Crippen MR) is 87.2 cm³/mol. The number of piperidine rings is 1. The number of hydrogen-bond acceptors (Lipinski definition) is 2. The van der Waals surface area contributed by atoms with Crippen LogP contribution in [-0.4, -0.2) is 31.6 Å². The molecule has 1 aromatic carbocycles. The Morgan fingerprint density at radius 3 is 2.25 bits per heavy atom. The highest BCUT2D eigenvalue weighted by Gasteiger charge is 2.21.